The van der Waals surface area contributed by atoms with Gasteiger partial charge in [0.1, 0.15) is 10.9 Å². The Hall–Kier alpha value is -2.00. The van der Waals surface area contributed by atoms with Gasteiger partial charge in [0.25, 0.3) is 0 Å². The molecule has 0 spiro atoms. The predicted octanol–water partition coefficient (Wildman–Crippen LogP) is 2.42. The van der Waals surface area contributed by atoms with Crippen molar-refractivity contribution in [2.24, 2.45) is 5.10 Å². The Morgan fingerprint density at radius 2 is 2.21 bits per heavy atom. The molecule has 150 valence electrons. The number of thiocarbonyl (C=S) groups is 1. The van der Waals surface area contributed by atoms with Crippen LogP contribution in [0.5, 0.6) is 5.75 Å². The number of ether oxygens (including phenoxy) is 2. The maximum absolute atomic E-state index is 6.25. The summed E-state index contributed by atoms with van der Waals surface area (Å²) in [6, 6.07) is 7.54. The largest absolute Gasteiger partial charge is 0.497 e. The number of morpholine rings is 1. The van der Waals surface area contributed by atoms with Gasteiger partial charge < -0.3 is 14.8 Å². The molecule has 7 nitrogen and oxygen atoms in total. The quantitative estimate of drug-likeness (QED) is 0.234. The Bertz CT molecular complexity index is 842. The topological polar surface area (TPSA) is 71.0 Å². The number of methoxy groups -OCH3 is 1. The van der Waals surface area contributed by atoms with Crippen molar-refractivity contribution in [2.45, 2.75) is 6.42 Å². The smallest absolute Gasteiger partial charge is 0.186 e. The molecule has 0 amide bonds. The van der Waals surface area contributed by atoms with Crippen LogP contribution < -0.4 is 15.5 Å². The van der Waals surface area contributed by atoms with Crippen molar-refractivity contribution in [1.82, 2.24) is 20.6 Å². The molecular formula is C19H24ClN5O2S. The van der Waals surface area contributed by atoms with Crippen LogP contribution in [-0.4, -0.2) is 67.7 Å². The molecule has 1 aliphatic heterocycles. The molecular weight excluding hydrogens is 398 g/mol. The molecule has 0 atom stereocenters. The molecule has 3 rings (SSSR count). The van der Waals surface area contributed by atoms with Gasteiger partial charge in [-0.05, 0) is 49.4 Å². The second-order valence-corrected chi connectivity index (χ2v) is 7.13. The van der Waals surface area contributed by atoms with Crippen molar-refractivity contribution < 1.29 is 9.47 Å². The lowest BCUT2D eigenvalue weighted by molar-refractivity contribution is 0.0376. The second-order valence-electron chi connectivity index (χ2n) is 6.36. The molecule has 1 aliphatic rings. The lowest BCUT2D eigenvalue weighted by atomic mass is 10.1. The minimum atomic E-state index is 0.382. The van der Waals surface area contributed by atoms with E-state index in [2.05, 4.69) is 25.7 Å². The Labute approximate surface area is 175 Å². The first-order chi connectivity index (χ1) is 13.7. The minimum absolute atomic E-state index is 0.382. The Balaban J connectivity index is 1.46. The molecule has 0 bridgehead atoms. The van der Waals surface area contributed by atoms with Crippen LogP contribution >= 0.6 is 23.8 Å². The van der Waals surface area contributed by atoms with Gasteiger partial charge in [-0.2, -0.15) is 5.10 Å². The molecule has 0 aliphatic carbocycles. The van der Waals surface area contributed by atoms with Crippen LogP contribution in [0.4, 0.5) is 0 Å². The fourth-order valence-electron chi connectivity index (χ4n) is 2.89. The normalized spacial score (nSPS) is 15.1. The average Bonchev–Trinajstić information content (AvgIpc) is 2.72. The fraction of sp³-hybridized carbons (Fsp3) is 0.421. The van der Waals surface area contributed by atoms with E-state index in [0.717, 1.165) is 62.5 Å². The highest BCUT2D eigenvalue weighted by atomic mass is 35.5. The number of hydrogen-bond donors (Lipinski definition) is 2. The first-order valence-electron chi connectivity index (χ1n) is 9.17. The zero-order chi connectivity index (χ0) is 19.8. The zero-order valence-electron chi connectivity index (χ0n) is 15.8. The maximum atomic E-state index is 6.25. The number of benzene rings is 1. The van der Waals surface area contributed by atoms with Gasteiger partial charge >= 0.3 is 0 Å². The summed E-state index contributed by atoms with van der Waals surface area (Å²) < 4.78 is 10.6. The lowest BCUT2D eigenvalue weighted by Gasteiger charge is -2.26. The van der Waals surface area contributed by atoms with E-state index in [-0.39, 0.29) is 0 Å². The molecule has 28 heavy (non-hydrogen) atoms. The van der Waals surface area contributed by atoms with Crippen LogP contribution in [0, 0.1) is 0 Å². The highest BCUT2D eigenvalue weighted by Gasteiger charge is 2.09. The third kappa shape index (κ3) is 6.00. The van der Waals surface area contributed by atoms with E-state index in [1.165, 1.54) is 0 Å². The number of rotatable bonds is 7. The number of fused-ring (bicyclic) bond motifs is 1. The molecule has 1 aromatic carbocycles. The summed E-state index contributed by atoms with van der Waals surface area (Å²) >= 11 is 11.5. The van der Waals surface area contributed by atoms with Gasteiger partial charge in [-0.1, -0.05) is 11.6 Å². The first kappa shape index (κ1) is 20.7. The molecule has 9 heteroatoms. The number of nitrogens with zero attached hydrogens (tertiary/aromatic N) is 3. The van der Waals surface area contributed by atoms with Crippen molar-refractivity contribution >= 4 is 46.0 Å². The number of halogens is 1. The van der Waals surface area contributed by atoms with E-state index >= 15 is 0 Å². The number of hydrazone groups is 1. The van der Waals surface area contributed by atoms with Gasteiger partial charge in [0.05, 0.1) is 32.1 Å². The number of pyridine rings is 1. The number of nitrogens with one attached hydrogen (secondary N) is 2. The third-order valence-electron chi connectivity index (χ3n) is 4.41. The van der Waals surface area contributed by atoms with Gasteiger partial charge in [-0.15, -0.1) is 0 Å². The minimum Gasteiger partial charge on any atom is -0.497 e. The van der Waals surface area contributed by atoms with Crippen molar-refractivity contribution in [3.05, 3.63) is 35.0 Å². The Kier molecular flexibility index (Phi) is 7.79. The highest BCUT2D eigenvalue weighted by molar-refractivity contribution is 7.80. The summed E-state index contributed by atoms with van der Waals surface area (Å²) in [4.78, 5) is 6.78. The molecule has 0 unspecified atom stereocenters. The molecule has 1 saturated heterocycles. The summed E-state index contributed by atoms with van der Waals surface area (Å²) in [5.41, 5.74) is 4.31. The summed E-state index contributed by atoms with van der Waals surface area (Å²) in [6.45, 7) is 5.46. The Morgan fingerprint density at radius 3 is 3.00 bits per heavy atom. The highest BCUT2D eigenvalue weighted by Crippen LogP contribution is 2.23. The van der Waals surface area contributed by atoms with Gasteiger partial charge in [-0.25, -0.2) is 4.98 Å². The van der Waals surface area contributed by atoms with Crippen molar-refractivity contribution in [3.63, 3.8) is 0 Å². The summed E-state index contributed by atoms with van der Waals surface area (Å²) in [6.07, 6.45) is 2.61. The van der Waals surface area contributed by atoms with Gasteiger partial charge in [0.15, 0.2) is 5.11 Å². The summed E-state index contributed by atoms with van der Waals surface area (Å²) in [5.74, 6) is 0.764. The maximum Gasteiger partial charge on any atom is 0.186 e. The van der Waals surface area contributed by atoms with E-state index in [1.807, 2.05) is 24.3 Å². The SMILES string of the molecule is COc1ccc2nc(Cl)c(/C=N\NC(=S)NCCCN3CCOCC3)cc2c1. The van der Waals surface area contributed by atoms with Crippen LogP contribution in [0.3, 0.4) is 0 Å². The third-order valence-corrected chi connectivity index (χ3v) is 4.95. The van der Waals surface area contributed by atoms with Gasteiger partial charge in [-0.3, -0.25) is 10.3 Å². The molecule has 0 saturated carbocycles. The molecule has 1 fully saturated rings. The van der Waals surface area contributed by atoms with Crippen molar-refractivity contribution in [1.29, 1.82) is 0 Å². The van der Waals surface area contributed by atoms with Crippen LogP contribution in [0.15, 0.2) is 29.4 Å². The monoisotopic (exact) mass is 421 g/mol. The van der Waals surface area contributed by atoms with Crippen molar-refractivity contribution in [3.8, 4) is 5.75 Å². The van der Waals surface area contributed by atoms with Gasteiger partial charge in [0.2, 0.25) is 0 Å². The molecule has 2 heterocycles. The van der Waals surface area contributed by atoms with E-state index in [9.17, 15) is 0 Å². The lowest BCUT2D eigenvalue weighted by Crippen LogP contribution is -2.39. The van der Waals surface area contributed by atoms with Crippen LogP contribution in [0.1, 0.15) is 12.0 Å². The van der Waals surface area contributed by atoms with E-state index in [0.29, 0.717) is 15.8 Å². The fourth-order valence-corrected chi connectivity index (χ4v) is 3.24. The van der Waals surface area contributed by atoms with E-state index in [4.69, 9.17) is 33.3 Å². The van der Waals surface area contributed by atoms with Gasteiger partial charge in [0, 0.05) is 30.6 Å². The Morgan fingerprint density at radius 1 is 1.39 bits per heavy atom. The van der Waals surface area contributed by atoms with Crippen LogP contribution in [0.2, 0.25) is 5.15 Å². The first-order valence-corrected chi connectivity index (χ1v) is 9.95. The summed E-state index contributed by atoms with van der Waals surface area (Å²) in [5, 5.41) is 9.09. The average molecular weight is 422 g/mol. The van der Waals surface area contributed by atoms with E-state index < -0.39 is 0 Å². The standard InChI is InChI=1S/C19H24ClN5O2S/c1-26-16-3-4-17-14(12-16)11-15(18(20)23-17)13-22-24-19(28)21-5-2-6-25-7-9-27-10-8-25/h3-4,11-13H,2,5-10H2,1H3,(H2,21,24,28)/b22-13-. The molecule has 2 aromatic rings. The zero-order valence-corrected chi connectivity index (χ0v) is 17.4. The van der Waals surface area contributed by atoms with E-state index in [1.54, 1.807) is 13.3 Å². The molecule has 1 aromatic heterocycles. The predicted molar refractivity (Wildman–Crippen MR) is 117 cm³/mol. The summed E-state index contributed by atoms with van der Waals surface area (Å²) in [7, 11) is 1.63. The number of hydrogen-bond acceptors (Lipinski definition) is 6. The van der Waals surface area contributed by atoms with Crippen LogP contribution in [-0.2, 0) is 4.74 Å². The van der Waals surface area contributed by atoms with Crippen LogP contribution in [0.25, 0.3) is 10.9 Å². The molecule has 2 N–H and O–H groups in total. The number of aromatic nitrogens is 1. The second kappa shape index (κ2) is 10.5. The molecule has 0 radical (unpaired) electrons. The van der Waals surface area contributed by atoms with Crippen molar-refractivity contribution in [2.75, 3.05) is 46.5 Å².